The van der Waals surface area contributed by atoms with Crippen molar-refractivity contribution in [3.8, 4) is 0 Å². The van der Waals surface area contributed by atoms with E-state index in [1.54, 1.807) is 6.07 Å². The zero-order valence-corrected chi connectivity index (χ0v) is 6.63. The van der Waals surface area contributed by atoms with Gasteiger partial charge in [0, 0.05) is 6.54 Å². The van der Waals surface area contributed by atoms with Crippen molar-refractivity contribution in [2.45, 2.75) is 6.54 Å². The van der Waals surface area contributed by atoms with Gasteiger partial charge < -0.3 is 5.73 Å². The Balaban J connectivity index is 3.09. The van der Waals surface area contributed by atoms with Crippen molar-refractivity contribution in [2.75, 3.05) is 0 Å². The van der Waals surface area contributed by atoms with Gasteiger partial charge in [0.25, 0.3) is 0 Å². The summed E-state index contributed by atoms with van der Waals surface area (Å²) in [4.78, 5) is 0. The molecule has 1 aromatic carbocycles. The predicted molar refractivity (Wildman–Crippen MR) is 43.6 cm³/mol. The molecule has 0 radical (unpaired) electrons. The first-order chi connectivity index (χ1) is 4.74. The lowest BCUT2D eigenvalue weighted by atomic mass is 10.2. The van der Waals surface area contributed by atoms with Crippen LogP contribution in [0.25, 0.3) is 0 Å². The first kappa shape index (κ1) is 7.64. The molecule has 0 saturated heterocycles. The van der Waals surface area contributed by atoms with Crippen molar-refractivity contribution >= 4 is 14.5 Å². The van der Waals surface area contributed by atoms with E-state index in [0.717, 1.165) is 10.9 Å². The average Bonchev–Trinajstić information content (AvgIpc) is 1.94. The highest BCUT2D eigenvalue weighted by molar-refractivity contribution is 7.27. The molecule has 0 saturated carbocycles. The number of rotatable bonds is 1. The first-order valence-electron chi connectivity index (χ1n) is 2.98. The highest BCUT2D eigenvalue weighted by Crippen LogP contribution is 2.02. The lowest BCUT2D eigenvalue weighted by molar-refractivity contribution is 0.626. The van der Waals surface area contributed by atoms with Crippen LogP contribution in [-0.4, -0.2) is 0 Å². The SMILES string of the molecule is NCc1cc(F)ccc1P. The molecule has 0 aliphatic carbocycles. The van der Waals surface area contributed by atoms with Gasteiger partial charge >= 0.3 is 0 Å². The third-order valence-electron chi connectivity index (χ3n) is 1.32. The van der Waals surface area contributed by atoms with Crippen LogP contribution in [0.15, 0.2) is 18.2 Å². The van der Waals surface area contributed by atoms with Crippen molar-refractivity contribution in [1.82, 2.24) is 0 Å². The van der Waals surface area contributed by atoms with E-state index >= 15 is 0 Å². The fourth-order valence-corrected chi connectivity index (χ4v) is 1.05. The molecule has 0 bridgehead atoms. The summed E-state index contributed by atoms with van der Waals surface area (Å²) < 4.78 is 12.5. The molecule has 2 N–H and O–H groups in total. The van der Waals surface area contributed by atoms with Crippen molar-refractivity contribution in [3.05, 3.63) is 29.6 Å². The van der Waals surface area contributed by atoms with Crippen LogP contribution >= 0.6 is 9.24 Å². The van der Waals surface area contributed by atoms with E-state index in [9.17, 15) is 4.39 Å². The second kappa shape index (κ2) is 3.09. The van der Waals surface area contributed by atoms with Gasteiger partial charge in [-0.25, -0.2) is 4.39 Å². The van der Waals surface area contributed by atoms with Crippen molar-refractivity contribution in [3.63, 3.8) is 0 Å². The largest absolute Gasteiger partial charge is 0.326 e. The summed E-state index contributed by atoms with van der Waals surface area (Å²) in [7, 11) is 2.51. The lowest BCUT2D eigenvalue weighted by Crippen LogP contribution is -2.07. The molecule has 0 amide bonds. The minimum atomic E-state index is -0.230. The average molecular weight is 157 g/mol. The summed E-state index contributed by atoms with van der Waals surface area (Å²) in [6.45, 7) is 0.386. The van der Waals surface area contributed by atoms with E-state index in [4.69, 9.17) is 5.73 Å². The smallest absolute Gasteiger partial charge is 0.123 e. The maximum absolute atomic E-state index is 12.5. The summed E-state index contributed by atoms with van der Waals surface area (Å²) in [5, 5.41) is 0.962. The Morgan fingerprint density at radius 1 is 1.50 bits per heavy atom. The van der Waals surface area contributed by atoms with E-state index in [0.29, 0.717) is 6.54 Å². The van der Waals surface area contributed by atoms with Gasteiger partial charge in [-0.3, -0.25) is 0 Å². The van der Waals surface area contributed by atoms with Crippen LogP contribution in [0.5, 0.6) is 0 Å². The third kappa shape index (κ3) is 1.53. The van der Waals surface area contributed by atoms with Crippen LogP contribution in [-0.2, 0) is 6.54 Å². The number of halogens is 1. The number of nitrogens with two attached hydrogens (primary N) is 1. The van der Waals surface area contributed by atoms with Gasteiger partial charge in [0.1, 0.15) is 5.82 Å². The van der Waals surface area contributed by atoms with E-state index in [1.807, 2.05) is 0 Å². The second-order valence-corrected chi connectivity index (χ2v) is 2.67. The molecule has 0 fully saturated rings. The molecule has 1 atom stereocenters. The van der Waals surface area contributed by atoms with Crippen LogP contribution < -0.4 is 11.0 Å². The van der Waals surface area contributed by atoms with Crippen LogP contribution in [0, 0.1) is 5.82 Å². The Bertz CT molecular complexity index is 237. The minimum Gasteiger partial charge on any atom is -0.326 e. The molecule has 0 spiro atoms. The molecule has 1 aromatic rings. The Labute approximate surface area is 61.6 Å². The molecule has 1 unspecified atom stereocenters. The van der Waals surface area contributed by atoms with Gasteiger partial charge in [0.2, 0.25) is 0 Å². The van der Waals surface area contributed by atoms with Crippen LogP contribution in [0.1, 0.15) is 5.56 Å². The molecule has 1 rings (SSSR count). The number of benzene rings is 1. The number of hydrogen-bond donors (Lipinski definition) is 1. The predicted octanol–water partition coefficient (Wildman–Crippen LogP) is 0.785. The highest BCUT2D eigenvalue weighted by atomic mass is 31.0. The Hall–Kier alpha value is -0.460. The van der Waals surface area contributed by atoms with E-state index in [1.165, 1.54) is 12.1 Å². The molecule has 1 nitrogen and oxygen atoms in total. The second-order valence-electron chi connectivity index (χ2n) is 2.05. The van der Waals surface area contributed by atoms with Crippen molar-refractivity contribution in [1.29, 1.82) is 0 Å². The fourth-order valence-electron chi connectivity index (χ4n) is 0.751. The first-order valence-corrected chi connectivity index (χ1v) is 3.55. The van der Waals surface area contributed by atoms with Crippen LogP contribution in [0.4, 0.5) is 4.39 Å². The van der Waals surface area contributed by atoms with Crippen molar-refractivity contribution < 1.29 is 4.39 Å². The topological polar surface area (TPSA) is 26.0 Å². The van der Waals surface area contributed by atoms with E-state index in [-0.39, 0.29) is 5.82 Å². The van der Waals surface area contributed by atoms with Gasteiger partial charge in [-0.05, 0) is 23.0 Å². The van der Waals surface area contributed by atoms with Gasteiger partial charge in [0.05, 0.1) is 0 Å². The summed E-state index contributed by atoms with van der Waals surface area (Å²) in [6, 6.07) is 4.56. The minimum absolute atomic E-state index is 0.230. The Morgan fingerprint density at radius 2 is 2.20 bits per heavy atom. The van der Waals surface area contributed by atoms with Crippen LogP contribution in [0.3, 0.4) is 0 Å². The maximum atomic E-state index is 12.5. The fraction of sp³-hybridized carbons (Fsp3) is 0.143. The quantitative estimate of drug-likeness (QED) is 0.599. The monoisotopic (exact) mass is 157 g/mol. The van der Waals surface area contributed by atoms with Gasteiger partial charge in [-0.1, -0.05) is 6.07 Å². The van der Waals surface area contributed by atoms with E-state index < -0.39 is 0 Å². The molecule has 3 heteroatoms. The van der Waals surface area contributed by atoms with Gasteiger partial charge in [-0.2, -0.15) is 0 Å². The lowest BCUT2D eigenvalue weighted by Gasteiger charge is -2.00. The summed E-state index contributed by atoms with van der Waals surface area (Å²) in [5.41, 5.74) is 6.18. The molecule has 0 aliphatic heterocycles. The van der Waals surface area contributed by atoms with Crippen molar-refractivity contribution in [2.24, 2.45) is 5.73 Å². The maximum Gasteiger partial charge on any atom is 0.123 e. The molecule has 10 heavy (non-hydrogen) atoms. The Kier molecular flexibility index (Phi) is 2.36. The highest BCUT2D eigenvalue weighted by Gasteiger charge is 1.96. The van der Waals surface area contributed by atoms with Gasteiger partial charge in [0.15, 0.2) is 0 Å². The molecular weight excluding hydrogens is 148 g/mol. The molecule has 0 heterocycles. The zero-order valence-electron chi connectivity index (χ0n) is 5.47. The van der Waals surface area contributed by atoms with Crippen LogP contribution in [0.2, 0.25) is 0 Å². The molecule has 0 aliphatic rings. The summed E-state index contributed by atoms with van der Waals surface area (Å²) in [5.74, 6) is -0.230. The number of hydrogen-bond acceptors (Lipinski definition) is 1. The normalized spacial score (nSPS) is 9.90. The molecule has 54 valence electrons. The zero-order chi connectivity index (χ0) is 7.56. The summed E-state index contributed by atoms with van der Waals surface area (Å²) >= 11 is 0. The Morgan fingerprint density at radius 3 is 2.70 bits per heavy atom. The third-order valence-corrected chi connectivity index (χ3v) is 1.89. The molecular formula is C7H9FNP. The van der Waals surface area contributed by atoms with E-state index in [2.05, 4.69) is 9.24 Å². The standard InChI is InChI=1S/C7H9FNP/c8-6-1-2-7(10)5(3-6)4-9/h1-3H,4,9-10H2. The summed E-state index contributed by atoms with van der Waals surface area (Å²) in [6.07, 6.45) is 0. The molecule has 0 aromatic heterocycles. The van der Waals surface area contributed by atoms with Gasteiger partial charge in [-0.15, -0.1) is 9.24 Å².